The van der Waals surface area contributed by atoms with Gasteiger partial charge >= 0.3 is 0 Å². The number of nitrogens with one attached hydrogen (secondary N) is 3. The summed E-state index contributed by atoms with van der Waals surface area (Å²) in [5.41, 5.74) is 3.70. The molecular formula is C26H22N6O3. The summed E-state index contributed by atoms with van der Waals surface area (Å²) >= 11 is 0. The van der Waals surface area contributed by atoms with E-state index < -0.39 is 0 Å². The summed E-state index contributed by atoms with van der Waals surface area (Å²) in [7, 11) is 1.81. The number of anilines is 3. The maximum atomic E-state index is 12.7. The Labute approximate surface area is 201 Å². The molecule has 174 valence electrons. The van der Waals surface area contributed by atoms with Crippen molar-refractivity contribution in [2.24, 2.45) is 7.05 Å². The minimum Gasteiger partial charge on any atom is -0.323 e. The summed E-state index contributed by atoms with van der Waals surface area (Å²) in [5, 5.41) is 12.3. The lowest BCUT2D eigenvalue weighted by Gasteiger charge is -2.09. The topological polar surface area (TPSA) is 118 Å². The molecule has 0 saturated heterocycles. The molecule has 0 atom stereocenters. The van der Waals surface area contributed by atoms with Gasteiger partial charge in [-0.1, -0.05) is 18.7 Å². The molecule has 9 heteroatoms. The first kappa shape index (κ1) is 23.1. The van der Waals surface area contributed by atoms with Crippen LogP contribution in [0.5, 0.6) is 0 Å². The number of carbonyl (C=O) groups is 3. The van der Waals surface area contributed by atoms with E-state index in [-0.39, 0.29) is 23.4 Å². The van der Waals surface area contributed by atoms with E-state index in [9.17, 15) is 14.4 Å². The molecule has 2 heterocycles. The van der Waals surface area contributed by atoms with Gasteiger partial charge in [0, 0.05) is 41.4 Å². The molecule has 0 unspecified atom stereocenters. The van der Waals surface area contributed by atoms with E-state index >= 15 is 0 Å². The second-order valence-corrected chi connectivity index (χ2v) is 7.57. The number of benzene rings is 2. The summed E-state index contributed by atoms with van der Waals surface area (Å²) in [6.45, 7) is 3.41. The van der Waals surface area contributed by atoms with Gasteiger partial charge in [0.05, 0.1) is 11.9 Å². The van der Waals surface area contributed by atoms with Crippen LogP contribution in [0.3, 0.4) is 0 Å². The van der Waals surface area contributed by atoms with E-state index in [2.05, 4.69) is 32.6 Å². The van der Waals surface area contributed by atoms with E-state index in [1.807, 2.05) is 19.3 Å². The van der Waals surface area contributed by atoms with Gasteiger partial charge in [-0.15, -0.1) is 0 Å². The predicted molar refractivity (Wildman–Crippen MR) is 134 cm³/mol. The van der Waals surface area contributed by atoms with Crippen molar-refractivity contribution in [2.45, 2.75) is 0 Å². The number of hydrogen-bond acceptors (Lipinski definition) is 5. The molecule has 0 saturated carbocycles. The van der Waals surface area contributed by atoms with Gasteiger partial charge in [-0.25, -0.2) is 4.98 Å². The van der Waals surface area contributed by atoms with Crippen LogP contribution in [0.2, 0.25) is 0 Å². The molecule has 0 radical (unpaired) electrons. The molecule has 0 bridgehead atoms. The minimum absolute atomic E-state index is 0.271. The largest absolute Gasteiger partial charge is 0.323 e. The Kier molecular flexibility index (Phi) is 6.78. The van der Waals surface area contributed by atoms with Crippen LogP contribution in [0, 0.1) is 0 Å². The van der Waals surface area contributed by atoms with Gasteiger partial charge in [0.2, 0.25) is 5.91 Å². The van der Waals surface area contributed by atoms with Crippen LogP contribution < -0.4 is 16.0 Å². The van der Waals surface area contributed by atoms with E-state index in [1.165, 1.54) is 0 Å². The first-order chi connectivity index (χ1) is 16.9. The van der Waals surface area contributed by atoms with Crippen molar-refractivity contribution in [3.8, 4) is 11.3 Å². The fourth-order valence-corrected chi connectivity index (χ4v) is 3.24. The smallest absolute Gasteiger partial charge is 0.274 e. The Balaban J connectivity index is 1.39. The van der Waals surface area contributed by atoms with Crippen LogP contribution in [0.4, 0.5) is 17.1 Å². The number of nitrogens with zero attached hydrogens (tertiary/aromatic N) is 3. The van der Waals surface area contributed by atoms with Crippen molar-refractivity contribution in [2.75, 3.05) is 16.0 Å². The number of rotatable bonds is 7. The van der Waals surface area contributed by atoms with Crippen molar-refractivity contribution in [1.29, 1.82) is 0 Å². The van der Waals surface area contributed by atoms with Gasteiger partial charge in [-0.2, -0.15) is 5.10 Å². The lowest BCUT2D eigenvalue weighted by Crippen LogP contribution is -2.15. The molecule has 0 aliphatic carbocycles. The number of aryl methyl sites for hydroxylation is 1. The summed E-state index contributed by atoms with van der Waals surface area (Å²) in [4.78, 5) is 41.2. The van der Waals surface area contributed by atoms with E-state index in [1.54, 1.807) is 71.5 Å². The highest BCUT2D eigenvalue weighted by Gasteiger charge is 2.11. The first-order valence-corrected chi connectivity index (χ1v) is 10.6. The van der Waals surface area contributed by atoms with Gasteiger partial charge in [-0.05, 0) is 60.7 Å². The Morgan fingerprint density at radius 2 is 1.54 bits per heavy atom. The van der Waals surface area contributed by atoms with Crippen LogP contribution in [-0.4, -0.2) is 32.5 Å². The molecule has 0 aliphatic heterocycles. The van der Waals surface area contributed by atoms with Gasteiger partial charge in [0.15, 0.2) is 0 Å². The standard InChI is InChI=1S/C26H22N6O3/c1-3-24(33)28-21-7-4-6-17(14-21)25(34)29-19-10-12-20(13-11-19)30-26(35)23-9-5-8-22(31-23)18-15-27-32(2)16-18/h3-16H,1H2,2H3,(H,28,33)(H,29,34)(H,30,35). The zero-order valence-electron chi connectivity index (χ0n) is 18.9. The Morgan fingerprint density at radius 3 is 2.20 bits per heavy atom. The lowest BCUT2D eigenvalue weighted by molar-refractivity contribution is -0.111. The predicted octanol–water partition coefficient (Wildman–Crippen LogP) is 4.11. The molecule has 3 N–H and O–H groups in total. The van der Waals surface area contributed by atoms with Crippen LogP contribution in [-0.2, 0) is 11.8 Å². The third-order valence-corrected chi connectivity index (χ3v) is 4.96. The first-order valence-electron chi connectivity index (χ1n) is 10.6. The van der Waals surface area contributed by atoms with Crippen molar-refractivity contribution in [3.63, 3.8) is 0 Å². The van der Waals surface area contributed by atoms with Crippen LogP contribution in [0.15, 0.2) is 91.8 Å². The molecule has 0 spiro atoms. The second-order valence-electron chi connectivity index (χ2n) is 7.57. The zero-order chi connectivity index (χ0) is 24.8. The van der Waals surface area contributed by atoms with Crippen molar-refractivity contribution in [3.05, 3.63) is 103 Å². The van der Waals surface area contributed by atoms with Gasteiger partial charge < -0.3 is 16.0 Å². The molecule has 2 aromatic heterocycles. The van der Waals surface area contributed by atoms with E-state index in [4.69, 9.17) is 0 Å². The Bertz CT molecular complexity index is 1410. The van der Waals surface area contributed by atoms with Gasteiger partial charge in [-0.3, -0.25) is 19.1 Å². The fourth-order valence-electron chi connectivity index (χ4n) is 3.24. The fraction of sp³-hybridized carbons (Fsp3) is 0.0385. The highest BCUT2D eigenvalue weighted by Crippen LogP contribution is 2.19. The van der Waals surface area contributed by atoms with E-state index in [0.29, 0.717) is 28.3 Å². The number of pyridine rings is 1. The van der Waals surface area contributed by atoms with Crippen LogP contribution in [0.25, 0.3) is 11.3 Å². The molecule has 35 heavy (non-hydrogen) atoms. The summed E-state index contributed by atoms with van der Waals surface area (Å²) < 4.78 is 1.67. The molecular weight excluding hydrogens is 444 g/mol. The number of amides is 3. The average Bonchev–Trinajstić information content (AvgIpc) is 3.31. The summed E-state index contributed by atoms with van der Waals surface area (Å²) in [5.74, 6) is -1.06. The minimum atomic E-state index is -0.362. The van der Waals surface area contributed by atoms with Crippen LogP contribution >= 0.6 is 0 Å². The van der Waals surface area contributed by atoms with Crippen molar-refractivity contribution >= 4 is 34.8 Å². The molecule has 2 aromatic carbocycles. The van der Waals surface area contributed by atoms with Gasteiger partial charge in [0.25, 0.3) is 11.8 Å². The normalized spacial score (nSPS) is 10.3. The molecule has 0 aliphatic rings. The van der Waals surface area contributed by atoms with Crippen molar-refractivity contribution < 1.29 is 14.4 Å². The lowest BCUT2D eigenvalue weighted by atomic mass is 10.1. The molecule has 9 nitrogen and oxygen atoms in total. The monoisotopic (exact) mass is 466 g/mol. The molecule has 4 aromatic rings. The quantitative estimate of drug-likeness (QED) is 0.354. The third kappa shape index (κ3) is 5.85. The number of hydrogen-bond donors (Lipinski definition) is 3. The number of carbonyl (C=O) groups excluding carboxylic acids is 3. The second kappa shape index (κ2) is 10.3. The highest BCUT2D eigenvalue weighted by molar-refractivity contribution is 6.06. The molecule has 4 rings (SSSR count). The summed E-state index contributed by atoms with van der Waals surface area (Å²) in [6.07, 6.45) is 4.66. The Hall–Kier alpha value is -5.05. The maximum absolute atomic E-state index is 12.7. The van der Waals surface area contributed by atoms with Crippen molar-refractivity contribution in [1.82, 2.24) is 14.8 Å². The van der Waals surface area contributed by atoms with Gasteiger partial charge in [0.1, 0.15) is 5.69 Å². The highest BCUT2D eigenvalue weighted by atomic mass is 16.2. The zero-order valence-corrected chi connectivity index (χ0v) is 18.9. The summed E-state index contributed by atoms with van der Waals surface area (Å²) in [6, 6.07) is 18.5. The van der Waals surface area contributed by atoms with Crippen LogP contribution in [0.1, 0.15) is 20.8 Å². The molecule has 3 amide bonds. The SMILES string of the molecule is C=CC(=O)Nc1cccc(C(=O)Nc2ccc(NC(=O)c3cccc(-c4cnn(C)c4)n3)cc2)c1. The average molecular weight is 467 g/mol. The number of aromatic nitrogens is 3. The molecule has 0 fully saturated rings. The maximum Gasteiger partial charge on any atom is 0.274 e. The van der Waals surface area contributed by atoms with E-state index in [0.717, 1.165) is 11.6 Å². The Morgan fingerprint density at radius 1 is 0.857 bits per heavy atom. The third-order valence-electron chi connectivity index (χ3n) is 4.96.